The highest BCUT2D eigenvalue weighted by molar-refractivity contribution is 5.34. The molecule has 18 heavy (non-hydrogen) atoms. The SMILES string of the molecule is FC(F)(F)C(=C1OC2C3C=CC(C3)C12)C(F)(F)F. The van der Waals surface area contributed by atoms with Gasteiger partial charge in [-0.05, 0) is 12.3 Å². The molecule has 4 unspecified atom stereocenters. The molecule has 1 aliphatic heterocycles. The standard InChI is InChI=1S/C11H8F6O/c12-10(13,14)9(11(15,16)17)8-6-4-1-2-5(3-4)7(6)18-8/h1-2,4-7H,3H2. The predicted molar refractivity (Wildman–Crippen MR) is 48.2 cm³/mol. The molecule has 0 radical (unpaired) electrons. The minimum absolute atomic E-state index is 0.0357. The first-order valence-corrected chi connectivity index (χ1v) is 5.43. The highest BCUT2D eigenvalue weighted by atomic mass is 19.4. The highest BCUT2D eigenvalue weighted by Crippen LogP contribution is 2.59. The molecule has 7 heteroatoms. The van der Waals surface area contributed by atoms with E-state index in [4.69, 9.17) is 4.74 Å². The van der Waals surface area contributed by atoms with Gasteiger partial charge in [0.25, 0.3) is 0 Å². The van der Waals surface area contributed by atoms with Gasteiger partial charge in [-0.25, -0.2) is 0 Å². The van der Waals surface area contributed by atoms with Gasteiger partial charge in [0, 0.05) is 5.92 Å². The molecule has 0 N–H and O–H groups in total. The molecule has 100 valence electrons. The van der Waals surface area contributed by atoms with Gasteiger partial charge in [0.1, 0.15) is 11.9 Å². The highest BCUT2D eigenvalue weighted by Gasteiger charge is 2.63. The minimum atomic E-state index is -5.43. The van der Waals surface area contributed by atoms with Gasteiger partial charge in [0.2, 0.25) is 0 Å². The molecule has 0 aromatic rings. The fraction of sp³-hybridized carbons (Fsp3) is 0.636. The van der Waals surface area contributed by atoms with E-state index in [-0.39, 0.29) is 11.8 Å². The van der Waals surface area contributed by atoms with Crippen LogP contribution in [0.3, 0.4) is 0 Å². The molecule has 1 saturated heterocycles. The van der Waals surface area contributed by atoms with E-state index in [0.29, 0.717) is 6.42 Å². The summed E-state index contributed by atoms with van der Waals surface area (Å²) in [5.41, 5.74) is -2.47. The second kappa shape index (κ2) is 3.24. The topological polar surface area (TPSA) is 9.23 Å². The average molecular weight is 270 g/mol. The van der Waals surface area contributed by atoms with Crippen LogP contribution in [0.2, 0.25) is 0 Å². The van der Waals surface area contributed by atoms with Gasteiger partial charge in [-0.3, -0.25) is 0 Å². The van der Waals surface area contributed by atoms with Crippen LogP contribution in [0.5, 0.6) is 0 Å². The summed E-state index contributed by atoms with van der Waals surface area (Å²) in [7, 11) is 0. The van der Waals surface area contributed by atoms with Crippen LogP contribution in [-0.4, -0.2) is 18.5 Å². The van der Waals surface area contributed by atoms with Crippen LogP contribution in [-0.2, 0) is 4.74 Å². The van der Waals surface area contributed by atoms with E-state index >= 15 is 0 Å². The lowest BCUT2D eigenvalue weighted by Gasteiger charge is -2.42. The number of fused-ring (bicyclic) bond motifs is 5. The van der Waals surface area contributed by atoms with E-state index in [1.54, 1.807) is 6.08 Å². The van der Waals surface area contributed by atoms with Crippen LogP contribution < -0.4 is 0 Å². The Bertz CT molecular complexity index is 427. The molecule has 2 bridgehead atoms. The van der Waals surface area contributed by atoms with Crippen LogP contribution in [0.15, 0.2) is 23.5 Å². The maximum atomic E-state index is 12.5. The Kier molecular flexibility index (Phi) is 2.15. The molecule has 0 spiro atoms. The Labute approximate surface area is 98.1 Å². The zero-order chi connectivity index (χ0) is 13.3. The van der Waals surface area contributed by atoms with Crippen molar-refractivity contribution in [3.63, 3.8) is 0 Å². The number of halogens is 6. The van der Waals surface area contributed by atoms with E-state index in [2.05, 4.69) is 0 Å². The molecule has 4 atom stereocenters. The van der Waals surface area contributed by atoms with Crippen molar-refractivity contribution in [2.24, 2.45) is 17.8 Å². The molecular weight excluding hydrogens is 262 g/mol. The predicted octanol–water partition coefficient (Wildman–Crippen LogP) is 3.59. The maximum absolute atomic E-state index is 12.5. The summed E-state index contributed by atoms with van der Waals surface area (Å²) in [4.78, 5) is 0. The summed E-state index contributed by atoms with van der Waals surface area (Å²) < 4.78 is 79.9. The summed E-state index contributed by atoms with van der Waals surface area (Å²) in [6.45, 7) is 0. The Balaban J connectivity index is 2.01. The summed E-state index contributed by atoms with van der Waals surface area (Å²) >= 11 is 0. The zero-order valence-electron chi connectivity index (χ0n) is 8.85. The normalized spacial score (nSPS) is 37.3. The first-order chi connectivity index (χ1) is 8.19. The lowest BCUT2D eigenvalue weighted by Crippen LogP contribution is -2.45. The average Bonchev–Trinajstić information content (AvgIpc) is 2.64. The van der Waals surface area contributed by atoms with Gasteiger partial charge in [-0.15, -0.1) is 0 Å². The molecule has 1 heterocycles. The van der Waals surface area contributed by atoms with E-state index in [1.807, 2.05) is 6.08 Å². The first-order valence-electron chi connectivity index (χ1n) is 5.43. The van der Waals surface area contributed by atoms with E-state index in [1.165, 1.54) is 0 Å². The van der Waals surface area contributed by atoms with Crippen LogP contribution in [0.1, 0.15) is 6.42 Å². The quantitative estimate of drug-likeness (QED) is 0.483. The number of rotatable bonds is 0. The molecule has 3 rings (SSSR count). The monoisotopic (exact) mass is 270 g/mol. The molecule has 2 fully saturated rings. The Morgan fingerprint density at radius 3 is 2.06 bits per heavy atom. The smallest absolute Gasteiger partial charge is 0.424 e. The van der Waals surface area contributed by atoms with Crippen LogP contribution in [0.25, 0.3) is 0 Å². The molecule has 0 amide bonds. The molecule has 1 nitrogen and oxygen atoms in total. The number of alkyl halides is 6. The Morgan fingerprint density at radius 2 is 1.56 bits per heavy atom. The largest absolute Gasteiger partial charge is 0.492 e. The minimum Gasteiger partial charge on any atom is -0.492 e. The number of hydrogen-bond acceptors (Lipinski definition) is 1. The Morgan fingerprint density at radius 1 is 1.00 bits per heavy atom. The van der Waals surface area contributed by atoms with Crippen LogP contribution in [0, 0.1) is 17.8 Å². The number of ether oxygens (including phenoxy) is 1. The van der Waals surface area contributed by atoms with Gasteiger partial charge < -0.3 is 4.74 Å². The third-order valence-corrected chi connectivity index (χ3v) is 3.77. The molecule has 3 aliphatic rings. The third kappa shape index (κ3) is 1.48. The summed E-state index contributed by atoms with van der Waals surface area (Å²) in [5, 5.41) is 0. The van der Waals surface area contributed by atoms with E-state index < -0.39 is 35.7 Å². The first kappa shape index (κ1) is 11.9. The van der Waals surface area contributed by atoms with Crippen molar-refractivity contribution in [2.45, 2.75) is 24.9 Å². The molecule has 0 aromatic carbocycles. The van der Waals surface area contributed by atoms with Crippen molar-refractivity contribution < 1.29 is 31.1 Å². The van der Waals surface area contributed by atoms with Crippen molar-refractivity contribution in [3.05, 3.63) is 23.5 Å². The lowest BCUT2D eigenvalue weighted by atomic mass is 9.82. The summed E-state index contributed by atoms with van der Waals surface area (Å²) in [6, 6.07) is 0. The van der Waals surface area contributed by atoms with E-state index in [0.717, 1.165) is 0 Å². The van der Waals surface area contributed by atoms with Gasteiger partial charge in [0.05, 0.1) is 5.92 Å². The summed E-state index contributed by atoms with van der Waals surface area (Å²) in [6.07, 6.45) is -7.27. The molecular formula is C11H8F6O. The second-order valence-corrected chi connectivity index (χ2v) is 4.79. The third-order valence-electron chi connectivity index (χ3n) is 3.77. The van der Waals surface area contributed by atoms with Crippen molar-refractivity contribution in [1.82, 2.24) is 0 Å². The van der Waals surface area contributed by atoms with Crippen LogP contribution >= 0.6 is 0 Å². The van der Waals surface area contributed by atoms with Gasteiger partial charge in [0.15, 0.2) is 5.57 Å². The Hall–Kier alpha value is -1.14. The fourth-order valence-electron chi connectivity index (χ4n) is 3.10. The molecule has 2 aliphatic carbocycles. The number of hydrogen-bond donors (Lipinski definition) is 0. The zero-order valence-corrected chi connectivity index (χ0v) is 8.85. The number of allylic oxidation sites excluding steroid dienone is 2. The maximum Gasteiger partial charge on any atom is 0.424 e. The van der Waals surface area contributed by atoms with Gasteiger partial charge in [-0.1, -0.05) is 12.2 Å². The fourth-order valence-corrected chi connectivity index (χ4v) is 3.10. The van der Waals surface area contributed by atoms with Crippen LogP contribution in [0.4, 0.5) is 26.3 Å². The second-order valence-electron chi connectivity index (χ2n) is 4.79. The lowest BCUT2D eigenvalue weighted by molar-refractivity contribution is -0.186. The molecule has 1 saturated carbocycles. The van der Waals surface area contributed by atoms with E-state index in [9.17, 15) is 26.3 Å². The van der Waals surface area contributed by atoms with Gasteiger partial charge >= 0.3 is 12.4 Å². The van der Waals surface area contributed by atoms with Crippen molar-refractivity contribution in [2.75, 3.05) is 0 Å². The van der Waals surface area contributed by atoms with Crippen molar-refractivity contribution in [1.29, 1.82) is 0 Å². The van der Waals surface area contributed by atoms with Crippen molar-refractivity contribution in [3.8, 4) is 0 Å². The molecule has 0 aromatic heterocycles. The van der Waals surface area contributed by atoms with Crippen molar-refractivity contribution >= 4 is 0 Å². The van der Waals surface area contributed by atoms with Gasteiger partial charge in [-0.2, -0.15) is 26.3 Å². The summed E-state index contributed by atoms with van der Waals surface area (Å²) in [5.74, 6) is -1.95.